The molecule has 1 aliphatic rings. The standard InChI is InChI=1S/C24H18F4/c1-2-3-14-4-6-15(7-5-14)18-12-22(27)24(23(28)13-18)19-8-16-10-20(25)21(26)11-17(16)9-19/h4-8,10-13H,2-3,9H2,1H3. The van der Waals surface area contributed by atoms with Gasteiger partial charge in [0.15, 0.2) is 11.6 Å². The molecule has 0 spiro atoms. The van der Waals surface area contributed by atoms with E-state index in [1.807, 2.05) is 24.3 Å². The van der Waals surface area contributed by atoms with E-state index in [9.17, 15) is 17.6 Å². The Labute approximate surface area is 161 Å². The lowest BCUT2D eigenvalue weighted by Crippen LogP contribution is -1.97. The number of rotatable bonds is 4. The zero-order valence-corrected chi connectivity index (χ0v) is 15.3. The van der Waals surface area contributed by atoms with Crippen LogP contribution in [0.2, 0.25) is 0 Å². The minimum absolute atomic E-state index is 0.150. The lowest BCUT2D eigenvalue weighted by atomic mass is 9.97. The number of hydrogen-bond acceptors (Lipinski definition) is 0. The summed E-state index contributed by atoms with van der Waals surface area (Å²) >= 11 is 0. The third-order valence-corrected chi connectivity index (χ3v) is 5.08. The van der Waals surface area contributed by atoms with Crippen LogP contribution < -0.4 is 0 Å². The molecular formula is C24H18F4. The Morgan fingerprint density at radius 1 is 0.750 bits per heavy atom. The Kier molecular flexibility index (Phi) is 4.80. The SMILES string of the molecule is CCCc1ccc(-c2cc(F)c(C3=Cc4cc(F)c(F)cc4C3)c(F)c2)cc1. The molecule has 1 aliphatic carbocycles. The molecule has 0 heterocycles. The van der Waals surface area contributed by atoms with Crippen molar-refractivity contribution in [2.75, 3.05) is 0 Å². The molecule has 0 amide bonds. The molecule has 0 atom stereocenters. The number of fused-ring (bicyclic) bond motifs is 1. The van der Waals surface area contributed by atoms with Gasteiger partial charge in [0.2, 0.25) is 0 Å². The maximum Gasteiger partial charge on any atom is 0.159 e. The first-order valence-electron chi connectivity index (χ1n) is 9.23. The van der Waals surface area contributed by atoms with Crippen molar-refractivity contribution in [1.82, 2.24) is 0 Å². The molecule has 0 N–H and O–H groups in total. The van der Waals surface area contributed by atoms with Crippen molar-refractivity contribution in [3.63, 3.8) is 0 Å². The fraction of sp³-hybridized carbons (Fsp3) is 0.167. The Hall–Kier alpha value is -2.88. The largest absolute Gasteiger partial charge is 0.206 e. The lowest BCUT2D eigenvalue weighted by molar-refractivity contribution is 0.507. The molecule has 4 rings (SSSR count). The molecule has 3 aromatic carbocycles. The van der Waals surface area contributed by atoms with Crippen molar-refractivity contribution < 1.29 is 17.6 Å². The van der Waals surface area contributed by atoms with E-state index in [1.54, 1.807) is 0 Å². The first-order chi connectivity index (χ1) is 13.5. The summed E-state index contributed by atoms with van der Waals surface area (Å²) in [5.74, 6) is -3.31. The molecule has 0 saturated heterocycles. The number of halogens is 4. The fourth-order valence-corrected chi connectivity index (χ4v) is 3.69. The fourth-order valence-electron chi connectivity index (χ4n) is 3.69. The maximum atomic E-state index is 14.8. The first-order valence-corrected chi connectivity index (χ1v) is 9.23. The highest BCUT2D eigenvalue weighted by Crippen LogP contribution is 2.36. The van der Waals surface area contributed by atoms with Crippen molar-refractivity contribution in [3.05, 3.63) is 94.1 Å². The van der Waals surface area contributed by atoms with Crippen LogP contribution in [0.5, 0.6) is 0 Å². The van der Waals surface area contributed by atoms with Crippen LogP contribution in [-0.4, -0.2) is 0 Å². The van der Waals surface area contributed by atoms with Crippen molar-refractivity contribution in [3.8, 4) is 11.1 Å². The summed E-state index contributed by atoms with van der Waals surface area (Å²) in [6, 6.07) is 12.4. The summed E-state index contributed by atoms with van der Waals surface area (Å²) < 4.78 is 56.5. The molecule has 142 valence electrons. The molecule has 0 nitrogen and oxygen atoms in total. The van der Waals surface area contributed by atoms with Gasteiger partial charge < -0.3 is 0 Å². The molecular weight excluding hydrogens is 364 g/mol. The smallest absolute Gasteiger partial charge is 0.159 e. The molecule has 0 bridgehead atoms. The Morgan fingerprint density at radius 3 is 2.04 bits per heavy atom. The number of allylic oxidation sites excluding steroid dienone is 1. The molecule has 4 heteroatoms. The number of aryl methyl sites for hydroxylation is 1. The Bertz CT molecular complexity index is 1060. The quantitative estimate of drug-likeness (QED) is 0.428. The second-order valence-corrected chi connectivity index (χ2v) is 7.07. The topological polar surface area (TPSA) is 0 Å². The van der Waals surface area contributed by atoms with Crippen molar-refractivity contribution in [2.24, 2.45) is 0 Å². The van der Waals surface area contributed by atoms with Gasteiger partial charge in [-0.15, -0.1) is 0 Å². The van der Waals surface area contributed by atoms with Gasteiger partial charge in [-0.1, -0.05) is 43.7 Å². The summed E-state index contributed by atoms with van der Waals surface area (Å²) in [6.07, 6.45) is 3.66. The lowest BCUT2D eigenvalue weighted by Gasteiger charge is -2.10. The van der Waals surface area contributed by atoms with Crippen LogP contribution in [0.15, 0.2) is 48.5 Å². The molecule has 0 aliphatic heterocycles. The number of hydrogen-bond donors (Lipinski definition) is 0. The van der Waals surface area contributed by atoms with Gasteiger partial charge in [-0.05, 0) is 70.5 Å². The summed E-state index contributed by atoms with van der Waals surface area (Å²) in [7, 11) is 0. The predicted molar refractivity (Wildman–Crippen MR) is 104 cm³/mol. The normalized spacial score (nSPS) is 12.8. The van der Waals surface area contributed by atoms with Crippen LogP contribution in [0.3, 0.4) is 0 Å². The Balaban J connectivity index is 1.68. The zero-order valence-electron chi connectivity index (χ0n) is 15.3. The van der Waals surface area contributed by atoms with E-state index < -0.39 is 23.3 Å². The molecule has 0 fully saturated rings. The Morgan fingerprint density at radius 2 is 1.39 bits per heavy atom. The molecule has 0 saturated carbocycles. The molecule has 3 aromatic rings. The average Bonchev–Trinajstić information content (AvgIpc) is 3.04. The third-order valence-electron chi connectivity index (χ3n) is 5.08. The summed E-state index contributed by atoms with van der Waals surface area (Å²) in [6.45, 7) is 2.09. The number of benzene rings is 3. The van der Waals surface area contributed by atoms with Gasteiger partial charge in [-0.2, -0.15) is 0 Å². The average molecular weight is 382 g/mol. The van der Waals surface area contributed by atoms with Gasteiger partial charge in [-0.25, -0.2) is 17.6 Å². The first kappa shape index (κ1) is 18.5. The highest BCUT2D eigenvalue weighted by Gasteiger charge is 2.22. The van der Waals surface area contributed by atoms with Crippen LogP contribution >= 0.6 is 0 Å². The van der Waals surface area contributed by atoms with Crippen LogP contribution in [0.4, 0.5) is 17.6 Å². The van der Waals surface area contributed by atoms with Crippen molar-refractivity contribution >= 4 is 11.6 Å². The van der Waals surface area contributed by atoms with E-state index in [4.69, 9.17) is 0 Å². The summed E-state index contributed by atoms with van der Waals surface area (Å²) in [4.78, 5) is 0. The van der Waals surface area contributed by atoms with Gasteiger partial charge >= 0.3 is 0 Å². The van der Waals surface area contributed by atoms with Crippen LogP contribution in [0, 0.1) is 23.3 Å². The van der Waals surface area contributed by atoms with E-state index in [0.29, 0.717) is 22.3 Å². The van der Waals surface area contributed by atoms with Gasteiger partial charge in [0.25, 0.3) is 0 Å². The summed E-state index contributed by atoms with van der Waals surface area (Å²) in [5.41, 5.74) is 3.55. The molecule has 0 unspecified atom stereocenters. The van der Waals surface area contributed by atoms with Gasteiger partial charge in [0, 0.05) is 5.56 Å². The summed E-state index contributed by atoms with van der Waals surface area (Å²) in [5, 5.41) is 0. The highest BCUT2D eigenvalue weighted by molar-refractivity contribution is 5.89. The predicted octanol–water partition coefficient (Wildman–Crippen LogP) is 6.96. The molecule has 28 heavy (non-hydrogen) atoms. The second kappa shape index (κ2) is 7.27. The van der Waals surface area contributed by atoms with E-state index >= 15 is 0 Å². The molecule has 0 radical (unpaired) electrons. The second-order valence-electron chi connectivity index (χ2n) is 7.07. The van der Waals surface area contributed by atoms with E-state index in [-0.39, 0.29) is 12.0 Å². The van der Waals surface area contributed by atoms with Gasteiger partial charge in [0.1, 0.15) is 11.6 Å². The van der Waals surface area contributed by atoms with Gasteiger partial charge in [0.05, 0.1) is 0 Å². The maximum absolute atomic E-state index is 14.8. The van der Waals surface area contributed by atoms with E-state index in [1.165, 1.54) is 23.8 Å². The highest BCUT2D eigenvalue weighted by atomic mass is 19.2. The molecule has 0 aromatic heterocycles. The zero-order chi connectivity index (χ0) is 19.8. The van der Waals surface area contributed by atoms with E-state index in [0.717, 1.165) is 30.5 Å². The monoisotopic (exact) mass is 382 g/mol. The van der Waals surface area contributed by atoms with Crippen molar-refractivity contribution in [1.29, 1.82) is 0 Å². The third kappa shape index (κ3) is 3.35. The van der Waals surface area contributed by atoms with Gasteiger partial charge in [-0.3, -0.25) is 0 Å². The van der Waals surface area contributed by atoms with Crippen LogP contribution in [0.25, 0.3) is 22.8 Å². The minimum Gasteiger partial charge on any atom is -0.206 e. The minimum atomic E-state index is -0.973. The van der Waals surface area contributed by atoms with E-state index in [2.05, 4.69) is 6.92 Å². The van der Waals surface area contributed by atoms with Crippen LogP contribution in [0.1, 0.15) is 35.6 Å². The van der Waals surface area contributed by atoms with Crippen LogP contribution in [-0.2, 0) is 12.8 Å². The van der Waals surface area contributed by atoms with Crippen molar-refractivity contribution in [2.45, 2.75) is 26.2 Å².